The number of carbonyl (C=O) groups excluding carboxylic acids is 2. The predicted octanol–water partition coefficient (Wildman–Crippen LogP) is 5.57. The third kappa shape index (κ3) is 8.57. The van der Waals surface area contributed by atoms with Crippen LogP contribution in [-0.2, 0) is 16.1 Å². The van der Waals surface area contributed by atoms with Gasteiger partial charge in [0.1, 0.15) is 29.5 Å². The summed E-state index contributed by atoms with van der Waals surface area (Å²) >= 11 is 0. The average molecular weight is 629 g/mol. The molecule has 1 fully saturated rings. The Hall–Kier alpha value is -4.43. The van der Waals surface area contributed by atoms with Gasteiger partial charge >= 0.3 is 18.2 Å². The van der Waals surface area contributed by atoms with Crippen LogP contribution in [0.3, 0.4) is 0 Å². The number of aryl methyl sites for hydroxylation is 2. The number of carboxylic acid groups (broad SMARTS) is 1. The highest BCUT2D eigenvalue weighted by molar-refractivity contribution is 5.95. The Morgan fingerprint density at radius 2 is 1.73 bits per heavy atom. The van der Waals surface area contributed by atoms with Gasteiger partial charge in [0.15, 0.2) is 11.4 Å². The molecule has 2 N–H and O–H groups in total. The fourth-order valence-electron chi connectivity index (χ4n) is 4.46. The lowest BCUT2D eigenvalue weighted by Gasteiger charge is -2.28. The van der Waals surface area contributed by atoms with Gasteiger partial charge in [-0.1, -0.05) is 6.07 Å². The van der Waals surface area contributed by atoms with E-state index in [-0.39, 0.29) is 36.8 Å². The number of fused-ring (bicyclic) bond motifs is 1. The molecular formula is C29H33F5N4O6. The number of aliphatic carboxylic acids is 1. The van der Waals surface area contributed by atoms with E-state index in [0.29, 0.717) is 29.3 Å². The van der Waals surface area contributed by atoms with E-state index in [0.717, 1.165) is 18.4 Å². The maximum atomic E-state index is 14.1. The fraction of sp³-hybridized carbons (Fsp3) is 0.448. The van der Waals surface area contributed by atoms with Gasteiger partial charge in [0.05, 0.1) is 17.3 Å². The number of pyridine rings is 1. The number of hydrogen-bond donors (Lipinski definition) is 2. The smallest absolute Gasteiger partial charge is 0.485 e. The number of likely N-dealkylation sites (tertiary alicyclic amines) is 1. The van der Waals surface area contributed by atoms with Gasteiger partial charge < -0.3 is 24.8 Å². The minimum absolute atomic E-state index is 0.172. The number of amides is 2. The van der Waals surface area contributed by atoms with E-state index in [1.165, 1.54) is 18.2 Å². The van der Waals surface area contributed by atoms with Crippen molar-refractivity contribution in [2.75, 3.05) is 13.1 Å². The summed E-state index contributed by atoms with van der Waals surface area (Å²) in [6.07, 6.45) is -2.13. The number of carboxylic acids is 1. The molecule has 1 aromatic carbocycles. The second-order valence-electron chi connectivity index (χ2n) is 11.1. The molecule has 0 spiro atoms. The van der Waals surface area contributed by atoms with Crippen molar-refractivity contribution in [2.24, 2.45) is 0 Å². The van der Waals surface area contributed by atoms with Crippen molar-refractivity contribution in [3.05, 3.63) is 64.6 Å². The second-order valence-corrected chi connectivity index (χ2v) is 11.1. The summed E-state index contributed by atoms with van der Waals surface area (Å²) in [7, 11) is 0. The van der Waals surface area contributed by atoms with Gasteiger partial charge in [-0.3, -0.25) is 9.20 Å². The highest BCUT2D eigenvalue weighted by Crippen LogP contribution is 2.26. The molecule has 1 saturated heterocycles. The average Bonchev–Trinajstić information content (AvgIpc) is 3.49. The maximum absolute atomic E-state index is 14.1. The fourth-order valence-corrected chi connectivity index (χ4v) is 4.46. The number of ether oxygens (including phenoxy) is 2. The molecule has 10 nitrogen and oxygen atoms in total. The SMILES string of the molecule is Cc1cc(OCc2c(F)cccc2F)c2nc(C)c(C(=O)NC[C@@H]3CCCN3C(=O)OC(C)(C)C)n2c1.O=C(O)C(F)(F)F. The van der Waals surface area contributed by atoms with E-state index in [9.17, 15) is 31.5 Å². The van der Waals surface area contributed by atoms with E-state index in [2.05, 4.69) is 10.3 Å². The van der Waals surface area contributed by atoms with E-state index in [1.807, 2.05) is 27.7 Å². The van der Waals surface area contributed by atoms with Gasteiger partial charge in [0.2, 0.25) is 0 Å². The first kappa shape index (κ1) is 34.1. The van der Waals surface area contributed by atoms with Gasteiger partial charge in [-0.05, 0) is 71.2 Å². The van der Waals surface area contributed by atoms with Crippen LogP contribution < -0.4 is 10.1 Å². The van der Waals surface area contributed by atoms with Crippen molar-refractivity contribution in [3.8, 4) is 5.75 Å². The summed E-state index contributed by atoms with van der Waals surface area (Å²) in [5.74, 6) is -4.20. The summed E-state index contributed by atoms with van der Waals surface area (Å²) in [4.78, 5) is 40.9. The Kier molecular flexibility index (Phi) is 10.4. The number of alkyl halides is 3. The van der Waals surface area contributed by atoms with Crippen molar-refractivity contribution in [1.82, 2.24) is 19.6 Å². The summed E-state index contributed by atoms with van der Waals surface area (Å²) in [5.41, 5.74) is 1.14. The predicted molar refractivity (Wildman–Crippen MR) is 147 cm³/mol. The minimum atomic E-state index is -5.08. The monoisotopic (exact) mass is 628 g/mol. The zero-order valence-corrected chi connectivity index (χ0v) is 24.7. The number of benzene rings is 1. The van der Waals surface area contributed by atoms with Crippen LogP contribution in [0.25, 0.3) is 5.65 Å². The lowest BCUT2D eigenvalue weighted by molar-refractivity contribution is -0.192. The molecule has 2 aromatic heterocycles. The molecule has 1 aliphatic rings. The molecule has 0 aliphatic carbocycles. The van der Waals surface area contributed by atoms with Crippen molar-refractivity contribution in [2.45, 2.75) is 71.9 Å². The number of carbonyl (C=O) groups is 3. The normalized spacial score (nSPS) is 15.0. The van der Waals surface area contributed by atoms with Crippen LogP contribution in [0.15, 0.2) is 30.5 Å². The Morgan fingerprint density at radius 3 is 2.30 bits per heavy atom. The first-order valence-corrected chi connectivity index (χ1v) is 13.5. The zero-order chi connectivity index (χ0) is 33.0. The lowest BCUT2D eigenvalue weighted by atomic mass is 10.2. The first-order valence-electron chi connectivity index (χ1n) is 13.5. The standard InChI is InChI=1S/C27H32F2N4O4.C2HF3O2/c1-16-12-22(36-15-19-20(28)9-6-10-21(19)29)24-31-17(2)23(33(24)14-16)25(34)30-13-18-8-7-11-32(18)26(35)37-27(3,4)5;3-2(4,5)1(6)7/h6,9-10,12,14,18H,7-8,11,13,15H2,1-5H3,(H,30,34);(H,6,7)/t18-;/m0./s1. The number of imidazole rings is 1. The van der Waals surface area contributed by atoms with Gasteiger partial charge in [-0.15, -0.1) is 0 Å². The number of halogens is 5. The molecule has 0 bridgehead atoms. The molecule has 3 aromatic rings. The molecule has 3 heterocycles. The largest absolute Gasteiger partial charge is 0.490 e. The molecule has 0 radical (unpaired) electrons. The Morgan fingerprint density at radius 1 is 1.11 bits per heavy atom. The Bertz CT molecular complexity index is 1510. The number of hydrogen-bond acceptors (Lipinski definition) is 6. The number of nitrogens with one attached hydrogen (secondary N) is 1. The molecule has 4 rings (SSSR count). The van der Waals surface area contributed by atoms with Crippen LogP contribution in [0.5, 0.6) is 5.75 Å². The van der Waals surface area contributed by atoms with Crippen LogP contribution in [-0.4, -0.2) is 68.3 Å². The molecular weight excluding hydrogens is 595 g/mol. The van der Waals surface area contributed by atoms with Crippen molar-refractivity contribution in [3.63, 3.8) is 0 Å². The summed E-state index contributed by atoms with van der Waals surface area (Å²) in [6, 6.07) is 5.17. The van der Waals surface area contributed by atoms with E-state index >= 15 is 0 Å². The molecule has 240 valence electrons. The number of aromatic nitrogens is 2. The van der Waals surface area contributed by atoms with Gasteiger partial charge in [0.25, 0.3) is 5.91 Å². The summed E-state index contributed by atoms with van der Waals surface area (Å²) in [6.45, 7) is 9.50. The minimum Gasteiger partial charge on any atom is -0.485 e. The van der Waals surface area contributed by atoms with Crippen molar-refractivity contribution < 1.29 is 50.9 Å². The lowest BCUT2D eigenvalue weighted by Crippen LogP contribution is -2.45. The molecule has 1 aliphatic heterocycles. The van der Waals surface area contributed by atoms with E-state index in [1.54, 1.807) is 28.5 Å². The zero-order valence-electron chi connectivity index (χ0n) is 24.7. The molecule has 1 atom stereocenters. The Balaban J connectivity index is 0.000000676. The van der Waals surface area contributed by atoms with Crippen LogP contribution in [0.2, 0.25) is 0 Å². The van der Waals surface area contributed by atoms with Gasteiger partial charge in [0, 0.05) is 19.3 Å². The van der Waals surface area contributed by atoms with E-state index < -0.39 is 29.4 Å². The summed E-state index contributed by atoms with van der Waals surface area (Å²) < 4.78 is 72.8. The van der Waals surface area contributed by atoms with Crippen molar-refractivity contribution in [1.29, 1.82) is 0 Å². The highest BCUT2D eigenvalue weighted by Gasteiger charge is 2.38. The molecule has 15 heteroatoms. The first-order chi connectivity index (χ1) is 20.4. The van der Waals surface area contributed by atoms with Crippen LogP contribution in [0.1, 0.15) is 60.9 Å². The highest BCUT2D eigenvalue weighted by atomic mass is 19.4. The van der Waals surface area contributed by atoms with Crippen molar-refractivity contribution >= 4 is 23.6 Å². The van der Waals surface area contributed by atoms with Gasteiger partial charge in [-0.2, -0.15) is 13.2 Å². The molecule has 2 amide bonds. The maximum Gasteiger partial charge on any atom is 0.490 e. The second kappa shape index (κ2) is 13.5. The van der Waals surface area contributed by atoms with E-state index in [4.69, 9.17) is 19.4 Å². The number of nitrogens with zero attached hydrogens (tertiary/aromatic N) is 3. The van der Waals surface area contributed by atoms with Crippen LogP contribution in [0, 0.1) is 25.5 Å². The van der Waals surface area contributed by atoms with Crippen LogP contribution >= 0.6 is 0 Å². The summed E-state index contributed by atoms with van der Waals surface area (Å²) in [5, 5.41) is 10.1. The number of rotatable bonds is 6. The third-order valence-electron chi connectivity index (χ3n) is 6.39. The molecule has 0 unspecified atom stereocenters. The topological polar surface area (TPSA) is 122 Å². The molecule has 0 saturated carbocycles. The third-order valence-corrected chi connectivity index (χ3v) is 6.39. The van der Waals surface area contributed by atoms with Gasteiger partial charge in [-0.25, -0.2) is 23.4 Å². The molecule has 44 heavy (non-hydrogen) atoms. The Labute approximate surface area is 249 Å². The quantitative estimate of drug-likeness (QED) is 0.342. The van der Waals surface area contributed by atoms with Crippen LogP contribution in [0.4, 0.5) is 26.7 Å².